The molecule has 10 heteroatoms. The molecule has 0 aromatic heterocycles. The predicted octanol–water partition coefficient (Wildman–Crippen LogP) is 2.41. The average molecular weight is 402 g/mol. The van der Waals surface area contributed by atoms with Crippen LogP contribution in [0.15, 0.2) is 58.9 Å². The molecule has 1 N–H and O–H groups in total. The van der Waals surface area contributed by atoms with Crippen molar-refractivity contribution in [2.24, 2.45) is 10.3 Å². The molecule has 3 amide bonds. The summed E-state index contributed by atoms with van der Waals surface area (Å²) >= 11 is 5.94. The first kappa shape index (κ1) is 18.1. The number of nitrogens with zero attached hydrogens (tertiary/aromatic N) is 4. The van der Waals surface area contributed by atoms with E-state index in [1.165, 1.54) is 24.3 Å². The Hall–Kier alpha value is -3.33. The van der Waals surface area contributed by atoms with E-state index in [0.29, 0.717) is 10.7 Å². The third-order valence-electron chi connectivity index (χ3n) is 4.34. The van der Waals surface area contributed by atoms with Crippen molar-refractivity contribution in [1.82, 2.24) is 5.01 Å². The number of carbonyl (C=O) groups excluding carboxylic acids is 3. The van der Waals surface area contributed by atoms with Gasteiger partial charge >= 0.3 is 0 Å². The van der Waals surface area contributed by atoms with Gasteiger partial charge in [-0.3, -0.25) is 19.4 Å². The Labute approximate surface area is 163 Å². The Morgan fingerprint density at radius 3 is 2.68 bits per heavy atom. The van der Waals surface area contributed by atoms with Crippen LogP contribution in [0.5, 0.6) is 0 Å². The van der Waals surface area contributed by atoms with Crippen molar-refractivity contribution in [2.75, 3.05) is 16.8 Å². The van der Waals surface area contributed by atoms with E-state index in [0.717, 1.165) is 16.0 Å². The average Bonchev–Trinajstić information content (AvgIpc) is 3.15. The Balaban J connectivity index is 1.49. The smallest absolute Gasteiger partial charge is 0.263 e. The summed E-state index contributed by atoms with van der Waals surface area (Å²) in [5.41, 5.74) is 0.600. The Kier molecular flexibility index (Phi) is 4.52. The second-order valence-electron chi connectivity index (χ2n) is 6.24. The molecule has 142 valence electrons. The van der Waals surface area contributed by atoms with Gasteiger partial charge in [-0.25, -0.2) is 9.29 Å². The molecule has 2 aliphatic heterocycles. The fraction of sp³-hybridized carbons (Fsp3) is 0.167. The molecular weight excluding hydrogens is 389 g/mol. The van der Waals surface area contributed by atoms with E-state index in [2.05, 4.69) is 15.7 Å². The number of fused-ring (bicyclic) bond motifs is 1. The Bertz CT molecular complexity index is 1010. The lowest BCUT2D eigenvalue weighted by molar-refractivity contribution is -0.123. The number of amides is 3. The molecule has 2 heterocycles. The second-order valence-corrected chi connectivity index (χ2v) is 6.68. The maximum absolute atomic E-state index is 13.2. The molecule has 0 unspecified atom stereocenters. The lowest BCUT2D eigenvalue weighted by Gasteiger charge is -2.20. The zero-order valence-electron chi connectivity index (χ0n) is 14.3. The van der Waals surface area contributed by atoms with Crippen LogP contribution in [0.1, 0.15) is 0 Å². The largest absolute Gasteiger partial charge is 0.324 e. The van der Waals surface area contributed by atoms with E-state index in [-0.39, 0.29) is 12.2 Å². The highest BCUT2D eigenvalue weighted by atomic mass is 35.5. The molecule has 1 saturated heterocycles. The van der Waals surface area contributed by atoms with Crippen LogP contribution in [0.4, 0.5) is 15.8 Å². The predicted molar refractivity (Wildman–Crippen MR) is 98.1 cm³/mol. The molecule has 1 fully saturated rings. The fourth-order valence-corrected chi connectivity index (χ4v) is 3.32. The first-order valence-corrected chi connectivity index (χ1v) is 8.68. The van der Waals surface area contributed by atoms with Crippen molar-refractivity contribution in [3.8, 4) is 0 Å². The SMILES string of the molecule is O=C(CN1N=N[C@@H]2C(=O)N(c3cccc(Cl)c3)C(=O)[C@@H]21)Nc1cccc(F)c1. The summed E-state index contributed by atoms with van der Waals surface area (Å²) in [6, 6.07) is 9.70. The van der Waals surface area contributed by atoms with Crippen LogP contribution in [-0.4, -0.2) is 41.4 Å². The van der Waals surface area contributed by atoms with Crippen molar-refractivity contribution >= 4 is 40.7 Å². The van der Waals surface area contributed by atoms with E-state index >= 15 is 0 Å². The van der Waals surface area contributed by atoms with Gasteiger partial charge in [0.15, 0.2) is 12.1 Å². The number of rotatable bonds is 4. The molecule has 28 heavy (non-hydrogen) atoms. The Morgan fingerprint density at radius 1 is 1.14 bits per heavy atom. The highest BCUT2D eigenvalue weighted by Gasteiger charge is 2.55. The summed E-state index contributed by atoms with van der Waals surface area (Å²) < 4.78 is 13.2. The van der Waals surface area contributed by atoms with E-state index in [1.54, 1.807) is 18.2 Å². The van der Waals surface area contributed by atoms with Gasteiger partial charge in [0.05, 0.1) is 5.69 Å². The van der Waals surface area contributed by atoms with Crippen molar-refractivity contribution in [1.29, 1.82) is 0 Å². The molecular formula is C18H13ClFN5O3. The van der Waals surface area contributed by atoms with E-state index in [4.69, 9.17) is 11.6 Å². The molecule has 2 aromatic carbocycles. The minimum atomic E-state index is -1.02. The number of anilines is 2. The number of halogens is 2. The van der Waals surface area contributed by atoms with Gasteiger partial charge in [-0.15, -0.1) is 0 Å². The first-order chi connectivity index (χ1) is 13.4. The molecule has 8 nitrogen and oxygen atoms in total. The molecule has 4 rings (SSSR count). The zero-order chi connectivity index (χ0) is 19.8. The molecule has 0 aliphatic carbocycles. The number of nitrogens with one attached hydrogen (secondary N) is 1. The maximum atomic E-state index is 13.2. The van der Waals surface area contributed by atoms with Crippen LogP contribution < -0.4 is 10.2 Å². The molecule has 0 saturated carbocycles. The monoisotopic (exact) mass is 401 g/mol. The summed E-state index contributed by atoms with van der Waals surface area (Å²) in [5.74, 6) is -2.09. The van der Waals surface area contributed by atoms with Crippen LogP contribution in [0.2, 0.25) is 5.02 Å². The van der Waals surface area contributed by atoms with Crippen molar-refractivity contribution in [3.05, 3.63) is 59.4 Å². The van der Waals surface area contributed by atoms with Crippen molar-refractivity contribution < 1.29 is 18.8 Å². The van der Waals surface area contributed by atoms with Gasteiger partial charge in [-0.1, -0.05) is 29.0 Å². The minimum absolute atomic E-state index is 0.270. The van der Waals surface area contributed by atoms with Crippen molar-refractivity contribution in [2.45, 2.75) is 12.1 Å². The van der Waals surface area contributed by atoms with Gasteiger partial charge in [-0.2, -0.15) is 5.11 Å². The first-order valence-electron chi connectivity index (χ1n) is 8.30. The molecule has 2 atom stereocenters. The zero-order valence-corrected chi connectivity index (χ0v) is 15.0. The lowest BCUT2D eigenvalue weighted by Crippen LogP contribution is -2.43. The third-order valence-corrected chi connectivity index (χ3v) is 4.57. The highest BCUT2D eigenvalue weighted by Crippen LogP contribution is 2.32. The fourth-order valence-electron chi connectivity index (χ4n) is 3.14. The quantitative estimate of drug-likeness (QED) is 0.796. The lowest BCUT2D eigenvalue weighted by atomic mass is 10.1. The maximum Gasteiger partial charge on any atom is 0.263 e. The summed E-state index contributed by atoms with van der Waals surface area (Å²) in [6.07, 6.45) is 0. The van der Waals surface area contributed by atoms with Gasteiger partial charge in [0.1, 0.15) is 12.4 Å². The number of hydrogen-bond acceptors (Lipinski definition) is 6. The summed E-state index contributed by atoms with van der Waals surface area (Å²) in [5, 5.41) is 11.7. The highest BCUT2D eigenvalue weighted by molar-refractivity contribution is 6.31. The minimum Gasteiger partial charge on any atom is -0.324 e. The number of benzene rings is 2. The van der Waals surface area contributed by atoms with Crippen LogP contribution in [0.25, 0.3) is 0 Å². The number of imide groups is 1. The standard InChI is InChI=1S/C18H13ClFN5O3/c19-10-3-1-6-13(7-10)25-17(27)15-16(18(25)28)24(23-22-15)9-14(26)21-12-5-2-4-11(20)8-12/h1-8,15-16H,9H2,(H,21,26)/t15-,16+/m0/s1. The molecule has 2 aromatic rings. The molecule has 0 radical (unpaired) electrons. The van der Waals surface area contributed by atoms with Crippen LogP contribution >= 0.6 is 11.6 Å². The molecule has 0 spiro atoms. The summed E-state index contributed by atoms with van der Waals surface area (Å²) in [7, 11) is 0. The van der Waals surface area contributed by atoms with Crippen LogP contribution in [0, 0.1) is 5.82 Å². The normalized spacial score (nSPS) is 20.6. The van der Waals surface area contributed by atoms with Gasteiger partial charge in [-0.05, 0) is 36.4 Å². The third kappa shape index (κ3) is 3.20. The van der Waals surface area contributed by atoms with E-state index in [1.807, 2.05) is 0 Å². The van der Waals surface area contributed by atoms with Gasteiger partial charge in [0, 0.05) is 10.7 Å². The van der Waals surface area contributed by atoms with Crippen LogP contribution in [-0.2, 0) is 14.4 Å². The van der Waals surface area contributed by atoms with Gasteiger partial charge in [0.2, 0.25) is 5.91 Å². The molecule has 0 bridgehead atoms. The number of hydrogen-bond donors (Lipinski definition) is 1. The van der Waals surface area contributed by atoms with E-state index < -0.39 is 35.6 Å². The Morgan fingerprint density at radius 2 is 1.93 bits per heavy atom. The second kappa shape index (κ2) is 7.01. The molecule has 2 aliphatic rings. The van der Waals surface area contributed by atoms with E-state index in [9.17, 15) is 18.8 Å². The van der Waals surface area contributed by atoms with Crippen molar-refractivity contribution in [3.63, 3.8) is 0 Å². The van der Waals surface area contributed by atoms with Gasteiger partial charge < -0.3 is 5.32 Å². The summed E-state index contributed by atoms with van der Waals surface area (Å²) in [4.78, 5) is 38.7. The van der Waals surface area contributed by atoms with Gasteiger partial charge in [0.25, 0.3) is 11.8 Å². The number of carbonyl (C=O) groups is 3. The topological polar surface area (TPSA) is 94.4 Å². The summed E-state index contributed by atoms with van der Waals surface area (Å²) in [6.45, 7) is -0.316. The van der Waals surface area contributed by atoms with Crippen LogP contribution in [0.3, 0.4) is 0 Å².